The van der Waals surface area contributed by atoms with Gasteiger partial charge in [-0.1, -0.05) is 0 Å². The number of fused-ring (bicyclic) bond motifs is 3. The summed E-state index contributed by atoms with van der Waals surface area (Å²) in [4.78, 5) is 26.0. The Labute approximate surface area is 158 Å². The van der Waals surface area contributed by atoms with E-state index in [2.05, 4.69) is 15.0 Å². The fraction of sp³-hybridized carbons (Fsp3) is 0.450. The topological polar surface area (TPSA) is 61.9 Å². The van der Waals surface area contributed by atoms with Crippen molar-refractivity contribution in [1.82, 2.24) is 19.9 Å². The van der Waals surface area contributed by atoms with Crippen molar-refractivity contribution < 1.29 is 18.0 Å². The number of carbonyl (C=O) groups is 1. The van der Waals surface area contributed by atoms with E-state index in [0.29, 0.717) is 19.5 Å². The number of rotatable bonds is 2. The lowest BCUT2D eigenvalue weighted by Crippen LogP contribution is -2.47. The Hall–Kier alpha value is -2.64. The molecule has 5 rings (SSSR count). The van der Waals surface area contributed by atoms with Crippen molar-refractivity contribution in [3.63, 3.8) is 0 Å². The number of nitrogens with one attached hydrogen (secondary N) is 1. The molecule has 0 spiro atoms. The highest BCUT2D eigenvalue weighted by Crippen LogP contribution is 2.59. The number of halogens is 3. The van der Waals surface area contributed by atoms with Crippen molar-refractivity contribution in [3.05, 3.63) is 36.3 Å². The largest absolute Gasteiger partial charge is 0.403 e. The van der Waals surface area contributed by atoms with Gasteiger partial charge in [-0.05, 0) is 43.4 Å². The molecule has 0 bridgehead atoms. The molecule has 3 aromatic rings. The molecular weight excluding hydrogens is 369 g/mol. The summed E-state index contributed by atoms with van der Waals surface area (Å²) in [5.41, 5.74) is 0.375. The number of carbonyl (C=O) groups excluding carboxylic acids is 1. The summed E-state index contributed by atoms with van der Waals surface area (Å²) in [6.07, 6.45) is 2.08. The first kappa shape index (κ1) is 17.5. The van der Waals surface area contributed by atoms with E-state index in [1.165, 1.54) is 4.90 Å². The molecule has 1 saturated heterocycles. The third kappa shape index (κ3) is 2.50. The number of aromatic amines is 1. The average Bonchev–Trinajstić information content (AvgIpc) is 3.38. The molecule has 1 aliphatic heterocycles. The van der Waals surface area contributed by atoms with Gasteiger partial charge in [0.25, 0.3) is 0 Å². The highest BCUT2D eigenvalue weighted by molar-refractivity contribution is 6.05. The zero-order valence-corrected chi connectivity index (χ0v) is 15.1. The SMILES string of the molecule is O=C(N1CCCC(c2ccnc3cnc4[nH]ccc4c23)C1)C1(C(F)(F)F)CC1. The summed E-state index contributed by atoms with van der Waals surface area (Å²) in [6, 6.07) is 3.86. The number of pyridine rings is 2. The molecule has 4 heterocycles. The summed E-state index contributed by atoms with van der Waals surface area (Å²) in [7, 11) is 0. The monoisotopic (exact) mass is 388 g/mol. The van der Waals surface area contributed by atoms with Crippen molar-refractivity contribution in [2.24, 2.45) is 5.41 Å². The lowest BCUT2D eigenvalue weighted by molar-refractivity contribution is -0.199. The van der Waals surface area contributed by atoms with Gasteiger partial charge in [-0.3, -0.25) is 9.78 Å². The van der Waals surface area contributed by atoms with Crippen molar-refractivity contribution in [1.29, 1.82) is 0 Å². The fourth-order valence-electron chi connectivity index (χ4n) is 4.48. The smallest absolute Gasteiger partial charge is 0.346 e. The van der Waals surface area contributed by atoms with E-state index in [0.717, 1.165) is 33.9 Å². The predicted octanol–water partition coefficient (Wildman–Crippen LogP) is 4.16. The molecule has 1 atom stereocenters. The van der Waals surface area contributed by atoms with Crippen LogP contribution in [-0.4, -0.2) is 45.0 Å². The van der Waals surface area contributed by atoms with E-state index in [1.54, 1.807) is 12.4 Å². The summed E-state index contributed by atoms with van der Waals surface area (Å²) in [6.45, 7) is 0.696. The van der Waals surface area contributed by atoms with E-state index < -0.39 is 17.5 Å². The summed E-state index contributed by atoms with van der Waals surface area (Å²) >= 11 is 0. The van der Waals surface area contributed by atoms with E-state index in [1.807, 2.05) is 18.3 Å². The summed E-state index contributed by atoms with van der Waals surface area (Å²) in [5.74, 6) is -0.774. The maximum Gasteiger partial charge on any atom is 0.403 e. The molecular formula is C20H19F3N4O. The Morgan fingerprint density at radius 3 is 2.82 bits per heavy atom. The van der Waals surface area contributed by atoms with Crippen LogP contribution < -0.4 is 0 Å². The van der Waals surface area contributed by atoms with Gasteiger partial charge in [-0.25, -0.2) is 4.98 Å². The van der Waals surface area contributed by atoms with Gasteiger partial charge < -0.3 is 9.88 Å². The maximum absolute atomic E-state index is 13.4. The van der Waals surface area contributed by atoms with Gasteiger partial charge in [0.05, 0.1) is 11.7 Å². The Morgan fingerprint density at radius 2 is 2.07 bits per heavy atom. The van der Waals surface area contributed by atoms with E-state index in [9.17, 15) is 18.0 Å². The standard InChI is InChI=1S/C20H19F3N4O/c21-20(22,23)19(5-6-19)18(28)27-9-1-2-12(11-27)13-3-7-24-15-10-26-17-14(16(13)15)4-8-25-17/h3-4,7-8,10,12H,1-2,5-6,9,11H2,(H,25,26). The predicted molar refractivity (Wildman–Crippen MR) is 97.7 cm³/mol. The molecule has 1 N–H and O–H groups in total. The second-order valence-electron chi connectivity index (χ2n) is 7.83. The molecule has 5 nitrogen and oxygen atoms in total. The minimum Gasteiger partial charge on any atom is -0.346 e. The van der Waals surface area contributed by atoms with E-state index in [-0.39, 0.29) is 18.8 Å². The van der Waals surface area contributed by atoms with Gasteiger partial charge >= 0.3 is 6.18 Å². The number of alkyl halides is 3. The lowest BCUT2D eigenvalue weighted by atomic mass is 9.87. The van der Waals surface area contributed by atoms with Gasteiger partial charge in [0, 0.05) is 42.2 Å². The molecule has 1 saturated carbocycles. The lowest BCUT2D eigenvalue weighted by Gasteiger charge is -2.36. The average molecular weight is 388 g/mol. The van der Waals surface area contributed by atoms with Crippen molar-refractivity contribution >= 4 is 27.8 Å². The van der Waals surface area contributed by atoms with E-state index >= 15 is 0 Å². The highest BCUT2D eigenvalue weighted by Gasteiger charge is 2.69. The van der Waals surface area contributed by atoms with Crippen LogP contribution in [-0.2, 0) is 4.79 Å². The van der Waals surface area contributed by atoms with Crippen LogP contribution in [0.2, 0.25) is 0 Å². The van der Waals surface area contributed by atoms with Crippen LogP contribution >= 0.6 is 0 Å². The Morgan fingerprint density at radius 1 is 1.25 bits per heavy atom. The van der Waals surface area contributed by atoms with E-state index in [4.69, 9.17) is 0 Å². The number of hydrogen-bond acceptors (Lipinski definition) is 3. The molecule has 146 valence electrons. The molecule has 1 aliphatic carbocycles. The first-order valence-electron chi connectivity index (χ1n) is 9.47. The first-order chi connectivity index (χ1) is 13.4. The van der Waals surface area contributed by atoms with Crippen LogP contribution in [0.25, 0.3) is 21.9 Å². The Balaban J connectivity index is 1.51. The summed E-state index contributed by atoms with van der Waals surface area (Å²) < 4.78 is 40.2. The number of likely N-dealkylation sites (tertiary alicyclic amines) is 1. The molecule has 3 aromatic heterocycles. The van der Waals surface area contributed by atoms with Crippen LogP contribution in [0.3, 0.4) is 0 Å². The van der Waals surface area contributed by atoms with Crippen molar-refractivity contribution in [2.75, 3.05) is 13.1 Å². The number of amides is 1. The van der Waals surface area contributed by atoms with Crippen LogP contribution in [0.15, 0.2) is 30.7 Å². The number of nitrogens with zero attached hydrogens (tertiary/aromatic N) is 3. The van der Waals surface area contributed by atoms with Crippen LogP contribution in [0.5, 0.6) is 0 Å². The number of H-pyrrole nitrogens is 1. The van der Waals surface area contributed by atoms with Crippen LogP contribution in [0, 0.1) is 5.41 Å². The molecule has 8 heteroatoms. The van der Waals surface area contributed by atoms with Gasteiger partial charge in [-0.2, -0.15) is 13.2 Å². The van der Waals surface area contributed by atoms with Gasteiger partial charge in [-0.15, -0.1) is 0 Å². The molecule has 1 unspecified atom stereocenters. The highest BCUT2D eigenvalue weighted by atomic mass is 19.4. The second-order valence-corrected chi connectivity index (χ2v) is 7.83. The minimum absolute atomic E-state index is 0.0206. The number of aromatic nitrogens is 3. The molecule has 2 fully saturated rings. The molecule has 2 aliphatic rings. The minimum atomic E-state index is -4.47. The normalized spacial score (nSPS) is 22.0. The molecule has 28 heavy (non-hydrogen) atoms. The zero-order valence-electron chi connectivity index (χ0n) is 15.1. The van der Waals surface area contributed by atoms with Crippen molar-refractivity contribution in [2.45, 2.75) is 37.8 Å². The quantitative estimate of drug-likeness (QED) is 0.717. The fourth-order valence-corrected chi connectivity index (χ4v) is 4.48. The van der Waals surface area contributed by atoms with Gasteiger partial charge in [0.2, 0.25) is 5.91 Å². The van der Waals surface area contributed by atoms with Crippen molar-refractivity contribution in [3.8, 4) is 0 Å². The number of piperidine rings is 1. The van der Waals surface area contributed by atoms with Crippen LogP contribution in [0.1, 0.15) is 37.2 Å². The maximum atomic E-state index is 13.4. The molecule has 1 amide bonds. The molecule has 0 radical (unpaired) electrons. The van der Waals surface area contributed by atoms with Crippen LogP contribution in [0.4, 0.5) is 13.2 Å². The van der Waals surface area contributed by atoms with Gasteiger partial charge in [0.15, 0.2) is 0 Å². The Bertz CT molecular complexity index is 1070. The first-order valence-corrected chi connectivity index (χ1v) is 9.47. The number of hydrogen-bond donors (Lipinski definition) is 1. The second kappa shape index (κ2) is 5.93. The molecule has 0 aromatic carbocycles. The van der Waals surface area contributed by atoms with Gasteiger partial charge in [0.1, 0.15) is 11.1 Å². The zero-order chi connectivity index (χ0) is 19.5. The third-order valence-corrected chi connectivity index (χ3v) is 6.17. The third-order valence-electron chi connectivity index (χ3n) is 6.17. The summed E-state index contributed by atoms with van der Waals surface area (Å²) in [5, 5.41) is 1.91. The Kier molecular flexibility index (Phi) is 3.70.